The molecule has 0 aliphatic carbocycles. The van der Waals surface area contributed by atoms with Crippen LogP contribution in [0.1, 0.15) is 0 Å². The fourth-order valence-electron chi connectivity index (χ4n) is 10.0. The van der Waals surface area contributed by atoms with Crippen molar-refractivity contribution in [2.24, 2.45) is 0 Å². The van der Waals surface area contributed by atoms with Crippen molar-refractivity contribution in [3.05, 3.63) is 219 Å². The first kappa shape index (κ1) is 36.1. The third-order valence-electron chi connectivity index (χ3n) is 12.9. The predicted octanol–water partition coefficient (Wildman–Crippen LogP) is 15.6. The number of pyridine rings is 1. The lowest BCUT2D eigenvalue weighted by Gasteiger charge is -2.17. The number of aromatic nitrogens is 4. The summed E-state index contributed by atoms with van der Waals surface area (Å²) < 4.78 is 0. The minimum Gasteiger partial charge on any atom is -0.264 e. The lowest BCUT2D eigenvalue weighted by Crippen LogP contribution is -2.02. The van der Waals surface area contributed by atoms with Crippen molar-refractivity contribution in [1.82, 2.24) is 19.9 Å². The van der Waals surface area contributed by atoms with Gasteiger partial charge in [-0.05, 0) is 117 Å². The molecular weight excluding hydrogens is 777 g/mol. The number of nitrogens with zero attached hydrogens (tertiary/aromatic N) is 4. The van der Waals surface area contributed by atoms with E-state index in [0.717, 1.165) is 50.1 Å². The fourth-order valence-corrected chi connectivity index (χ4v) is 10.0. The predicted molar refractivity (Wildman–Crippen MR) is 266 cm³/mol. The summed E-state index contributed by atoms with van der Waals surface area (Å²) in [6.45, 7) is 0. The molecule has 0 amide bonds. The molecule has 0 saturated carbocycles. The average molecular weight is 813 g/mol. The van der Waals surface area contributed by atoms with Crippen LogP contribution in [0.3, 0.4) is 0 Å². The summed E-state index contributed by atoms with van der Waals surface area (Å²) in [5.74, 6) is 1.83. The van der Waals surface area contributed by atoms with Crippen LogP contribution in [-0.4, -0.2) is 19.9 Å². The molecule has 2 heterocycles. The van der Waals surface area contributed by atoms with Crippen molar-refractivity contribution in [1.29, 1.82) is 0 Å². The first-order valence-corrected chi connectivity index (χ1v) is 21.7. The van der Waals surface area contributed by atoms with Gasteiger partial charge in [0.15, 0.2) is 17.5 Å². The molecule has 296 valence electrons. The van der Waals surface area contributed by atoms with E-state index in [1.165, 1.54) is 64.6 Å². The van der Waals surface area contributed by atoms with Gasteiger partial charge in [-0.3, -0.25) is 4.98 Å². The summed E-state index contributed by atoms with van der Waals surface area (Å²) in [6, 6.07) is 74.0. The molecule has 13 aromatic rings. The zero-order valence-electron chi connectivity index (χ0n) is 34.6. The Labute approximate surface area is 369 Å². The number of benzene rings is 10. The summed E-state index contributed by atoms with van der Waals surface area (Å²) in [7, 11) is 0. The maximum Gasteiger partial charge on any atom is 0.164 e. The van der Waals surface area contributed by atoms with Crippen LogP contribution in [-0.2, 0) is 0 Å². The van der Waals surface area contributed by atoms with Crippen LogP contribution in [0.25, 0.3) is 132 Å². The first-order chi connectivity index (χ1) is 31.7. The monoisotopic (exact) mass is 812 g/mol. The topological polar surface area (TPSA) is 51.6 Å². The van der Waals surface area contributed by atoms with Crippen molar-refractivity contribution in [2.45, 2.75) is 0 Å². The smallest absolute Gasteiger partial charge is 0.164 e. The summed E-state index contributed by atoms with van der Waals surface area (Å²) in [5, 5.41) is 15.3. The van der Waals surface area contributed by atoms with Gasteiger partial charge in [0.25, 0.3) is 0 Å². The van der Waals surface area contributed by atoms with Gasteiger partial charge in [0.2, 0.25) is 0 Å². The van der Waals surface area contributed by atoms with Gasteiger partial charge in [-0.25, -0.2) is 15.0 Å². The third-order valence-corrected chi connectivity index (χ3v) is 12.9. The Morgan fingerprint density at radius 1 is 0.250 bits per heavy atom. The number of hydrogen-bond donors (Lipinski definition) is 0. The second-order valence-corrected chi connectivity index (χ2v) is 16.6. The first-order valence-electron chi connectivity index (χ1n) is 21.7. The molecule has 2 aromatic heterocycles. The van der Waals surface area contributed by atoms with Crippen LogP contribution in [0.2, 0.25) is 0 Å². The van der Waals surface area contributed by atoms with E-state index in [1.807, 2.05) is 42.6 Å². The molecule has 4 heteroatoms. The van der Waals surface area contributed by atoms with Crippen LogP contribution in [0.15, 0.2) is 219 Å². The maximum atomic E-state index is 5.26. The molecule has 0 fully saturated rings. The fraction of sp³-hybridized carbons (Fsp3) is 0. The standard InChI is InChI=1S/C60H36N4/c1-2-13-40(14-3-1)58-62-59(64-60(63-58)52-24-7-5-22-47(52)44-20-12-32-61-36-44)51-23-6-4-21-46(51)42-19-8-18-41(33-42)45-34-43-31-30-39-16-10-26-49-48-25-9-15-37-28-29-38-17-11-27-50(56(38)54(37)48)53(35-45)57(43)55(39)49/h1-36H. The van der Waals surface area contributed by atoms with Crippen LogP contribution in [0.4, 0.5) is 0 Å². The highest BCUT2D eigenvalue weighted by atomic mass is 15.0. The van der Waals surface area contributed by atoms with Gasteiger partial charge in [0, 0.05) is 34.6 Å². The van der Waals surface area contributed by atoms with E-state index in [9.17, 15) is 0 Å². The van der Waals surface area contributed by atoms with Crippen LogP contribution >= 0.6 is 0 Å². The molecule has 0 unspecified atom stereocenters. The van der Waals surface area contributed by atoms with E-state index in [2.05, 4.69) is 175 Å². The molecule has 0 spiro atoms. The van der Waals surface area contributed by atoms with Crippen molar-refractivity contribution >= 4 is 64.6 Å². The van der Waals surface area contributed by atoms with E-state index in [0.29, 0.717) is 17.5 Å². The highest BCUT2D eigenvalue weighted by molar-refractivity contribution is 6.37. The molecular formula is C60H36N4. The maximum absolute atomic E-state index is 5.26. The average Bonchev–Trinajstić information content (AvgIpc) is 3.37. The molecule has 0 atom stereocenters. The number of hydrogen-bond acceptors (Lipinski definition) is 4. The second-order valence-electron chi connectivity index (χ2n) is 16.6. The number of fused-ring (bicyclic) bond motifs is 2. The van der Waals surface area contributed by atoms with E-state index >= 15 is 0 Å². The molecule has 0 aliphatic rings. The Hall–Kier alpha value is -8.60. The largest absolute Gasteiger partial charge is 0.264 e. The van der Waals surface area contributed by atoms with Gasteiger partial charge >= 0.3 is 0 Å². The zero-order valence-corrected chi connectivity index (χ0v) is 34.6. The van der Waals surface area contributed by atoms with Gasteiger partial charge in [0.05, 0.1) is 0 Å². The Kier molecular flexibility index (Phi) is 8.18. The summed E-state index contributed by atoms with van der Waals surface area (Å²) in [5.41, 5.74) is 9.20. The van der Waals surface area contributed by atoms with Gasteiger partial charge in [-0.15, -0.1) is 0 Å². The Morgan fingerprint density at radius 2 is 0.719 bits per heavy atom. The quantitative estimate of drug-likeness (QED) is 0.157. The van der Waals surface area contributed by atoms with E-state index in [4.69, 9.17) is 15.0 Å². The lowest BCUT2D eigenvalue weighted by molar-refractivity contribution is 1.07. The normalized spacial score (nSPS) is 11.8. The van der Waals surface area contributed by atoms with Crippen LogP contribution in [0.5, 0.6) is 0 Å². The molecule has 13 rings (SSSR count). The molecule has 4 nitrogen and oxygen atoms in total. The van der Waals surface area contributed by atoms with E-state index in [1.54, 1.807) is 6.20 Å². The molecule has 0 N–H and O–H groups in total. The lowest BCUT2D eigenvalue weighted by atomic mass is 9.86. The van der Waals surface area contributed by atoms with Crippen molar-refractivity contribution < 1.29 is 0 Å². The highest BCUT2D eigenvalue weighted by Crippen LogP contribution is 2.45. The van der Waals surface area contributed by atoms with Crippen LogP contribution in [0, 0.1) is 0 Å². The highest BCUT2D eigenvalue weighted by Gasteiger charge is 2.20. The Balaban J connectivity index is 1.02. The molecule has 64 heavy (non-hydrogen) atoms. The Morgan fingerprint density at radius 3 is 1.33 bits per heavy atom. The van der Waals surface area contributed by atoms with Crippen molar-refractivity contribution in [3.8, 4) is 67.5 Å². The SMILES string of the molecule is c1ccc(-c2nc(-c3ccccc3-c3cccnc3)nc(-c3ccccc3-c3cccc(-c4cc5ccc6cccc7c8cccc9ccc%10cccc(c(c4)c5c67)c%10c98)c3)n2)cc1. The third kappa shape index (κ3) is 5.77. The minimum absolute atomic E-state index is 0.604. The second kappa shape index (κ2) is 14.5. The minimum atomic E-state index is 0.604. The summed E-state index contributed by atoms with van der Waals surface area (Å²) in [6.07, 6.45) is 3.68. The summed E-state index contributed by atoms with van der Waals surface area (Å²) in [4.78, 5) is 20.0. The van der Waals surface area contributed by atoms with E-state index < -0.39 is 0 Å². The molecule has 0 radical (unpaired) electrons. The number of rotatable bonds is 6. The van der Waals surface area contributed by atoms with Gasteiger partial charge < -0.3 is 0 Å². The van der Waals surface area contributed by atoms with Gasteiger partial charge in [-0.1, -0.05) is 182 Å². The molecule has 0 saturated heterocycles. The Bertz CT molecular complexity index is 3950. The van der Waals surface area contributed by atoms with Gasteiger partial charge in [-0.2, -0.15) is 0 Å². The van der Waals surface area contributed by atoms with Crippen LogP contribution < -0.4 is 0 Å². The summed E-state index contributed by atoms with van der Waals surface area (Å²) >= 11 is 0. The molecule has 0 aliphatic heterocycles. The zero-order chi connectivity index (χ0) is 42.1. The molecule has 0 bridgehead atoms. The van der Waals surface area contributed by atoms with Gasteiger partial charge in [0.1, 0.15) is 0 Å². The van der Waals surface area contributed by atoms with Crippen molar-refractivity contribution in [3.63, 3.8) is 0 Å². The van der Waals surface area contributed by atoms with Crippen molar-refractivity contribution in [2.75, 3.05) is 0 Å². The molecule has 11 aromatic carbocycles. The van der Waals surface area contributed by atoms with E-state index in [-0.39, 0.29) is 0 Å².